The average Bonchev–Trinajstić information content (AvgIpc) is 2.46. The van der Waals surface area contributed by atoms with E-state index in [1.807, 2.05) is 42.5 Å². The molecule has 2 N–H and O–H groups in total. The number of aliphatic carboxylic acids is 2. The number of unbranched alkanes of at least 4 members (excludes halogenated alkanes) is 1. The maximum Gasteiger partial charge on any atom is 0.310 e. The molecule has 4 nitrogen and oxygen atoms in total. The molecule has 2 rings (SSSR count). The van der Waals surface area contributed by atoms with Crippen molar-refractivity contribution >= 4 is 22.7 Å². The Kier molecular flexibility index (Phi) is 4.93. The zero-order valence-electron chi connectivity index (χ0n) is 11.7. The van der Waals surface area contributed by atoms with Crippen molar-refractivity contribution in [1.29, 1.82) is 0 Å². The number of hydrogen-bond donors (Lipinski definition) is 2. The maximum atomic E-state index is 11.6. The number of carboxylic acids is 2. The Morgan fingerprint density at radius 2 is 1.67 bits per heavy atom. The van der Waals surface area contributed by atoms with Gasteiger partial charge in [-0.2, -0.15) is 0 Å². The molecule has 2 aromatic rings. The number of carboxylic acid groups (broad SMARTS) is 2. The molecule has 0 aliphatic rings. The second-order valence-corrected chi connectivity index (χ2v) is 5.10. The van der Waals surface area contributed by atoms with Crippen LogP contribution in [0.25, 0.3) is 10.8 Å². The normalized spacial score (nSPS) is 12.2. The van der Waals surface area contributed by atoms with E-state index in [9.17, 15) is 14.7 Å². The van der Waals surface area contributed by atoms with Crippen LogP contribution < -0.4 is 0 Å². The van der Waals surface area contributed by atoms with E-state index < -0.39 is 17.9 Å². The molecule has 0 amide bonds. The molecule has 21 heavy (non-hydrogen) atoms. The first-order valence-electron chi connectivity index (χ1n) is 7.02. The minimum atomic E-state index is -0.860. The highest BCUT2D eigenvalue weighted by atomic mass is 16.4. The highest BCUT2D eigenvalue weighted by molar-refractivity contribution is 5.90. The molecule has 0 saturated carbocycles. The molecule has 1 atom stereocenters. The van der Waals surface area contributed by atoms with Crippen molar-refractivity contribution < 1.29 is 19.8 Å². The molecule has 110 valence electrons. The molecule has 0 radical (unpaired) electrons. The Hall–Kier alpha value is -2.36. The summed E-state index contributed by atoms with van der Waals surface area (Å²) in [5.41, 5.74) is 0.802. The summed E-state index contributed by atoms with van der Waals surface area (Å²) in [6.45, 7) is 0. The Labute approximate surface area is 123 Å². The SMILES string of the molecule is O=C(O)CCCCC(C(=O)O)c1cccc2ccccc12. The lowest BCUT2D eigenvalue weighted by Crippen LogP contribution is -2.12. The summed E-state index contributed by atoms with van der Waals surface area (Å²) in [5.74, 6) is -2.29. The topological polar surface area (TPSA) is 74.6 Å². The molecule has 0 aromatic heterocycles. The van der Waals surface area contributed by atoms with Crippen LogP contribution >= 0.6 is 0 Å². The Morgan fingerprint density at radius 1 is 0.952 bits per heavy atom. The van der Waals surface area contributed by atoms with Crippen LogP contribution in [0.4, 0.5) is 0 Å². The van der Waals surface area contributed by atoms with Gasteiger partial charge in [-0.05, 0) is 29.2 Å². The smallest absolute Gasteiger partial charge is 0.310 e. The van der Waals surface area contributed by atoms with Crippen LogP contribution in [0.15, 0.2) is 42.5 Å². The van der Waals surface area contributed by atoms with Crippen LogP contribution in [0.1, 0.15) is 37.2 Å². The van der Waals surface area contributed by atoms with E-state index in [4.69, 9.17) is 5.11 Å². The van der Waals surface area contributed by atoms with Crippen molar-refractivity contribution in [2.24, 2.45) is 0 Å². The van der Waals surface area contributed by atoms with Crippen molar-refractivity contribution in [3.05, 3.63) is 48.0 Å². The molecule has 0 fully saturated rings. The van der Waals surface area contributed by atoms with Crippen LogP contribution in [-0.2, 0) is 9.59 Å². The van der Waals surface area contributed by atoms with E-state index in [0.717, 1.165) is 16.3 Å². The van der Waals surface area contributed by atoms with E-state index in [0.29, 0.717) is 19.3 Å². The van der Waals surface area contributed by atoms with Gasteiger partial charge in [0.25, 0.3) is 0 Å². The zero-order chi connectivity index (χ0) is 15.2. The zero-order valence-corrected chi connectivity index (χ0v) is 11.7. The van der Waals surface area contributed by atoms with Gasteiger partial charge < -0.3 is 10.2 Å². The number of benzene rings is 2. The van der Waals surface area contributed by atoms with Crippen molar-refractivity contribution in [3.8, 4) is 0 Å². The Balaban J connectivity index is 2.20. The van der Waals surface area contributed by atoms with Gasteiger partial charge in [-0.25, -0.2) is 0 Å². The highest BCUT2D eigenvalue weighted by Crippen LogP contribution is 2.29. The number of hydrogen-bond acceptors (Lipinski definition) is 2. The van der Waals surface area contributed by atoms with Gasteiger partial charge in [-0.1, -0.05) is 48.9 Å². The third kappa shape index (κ3) is 3.81. The van der Waals surface area contributed by atoms with Gasteiger partial charge in [0.15, 0.2) is 0 Å². The first-order chi connectivity index (χ1) is 10.1. The predicted octanol–water partition coefficient (Wildman–Crippen LogP) is 3.65. The fourth-order valence-corrected chi connectivity index (χ4v) is 2.59. The predicted molar refractivity (Wildman–Crippen MR) is 80.4 cm³/mol. The van der Waals surface area contributed by atoms with Crippen LogP contribution in [0, 0.1) is 0 Å². The van der Waals surface area contributed by atoms with Crippen LogP contribution in [0.5, 0.6) is 0 Å². The third-order valence-corrected chi connectivity index (χ3v) is 3.63. The lowest BCUT2D eigenvalue weighted by atomic mass is 9.89. The van der Waals surface area contributed by atoms with E-state index in [1.165, 1.54) is 0 Å². The molecular weight excluding hydrogens is 268 g/mol. The van der Waals surface area contributed by atoms with Gasteiger partial charge >= 0.3 is 11.9 Å². The van der Waals surface area contributed by atoms with Crippen LogP contribution in [-0.4, -0.2) is 22.2 Å². The molecule has 0 aliphatic heterocycles. The van der Waals surface area contributed by atoms with E-state index in [2.05, 4.69) is 0 Å². The summed E-state index contributed by atoms with van der Waals surface area (Å²) in [5, 5.41) is 20.1. The van der Waals surface area contributed by atoms with Crippen LogP contribution in [0.2, 0.25) is 0 Å². The lowest BCUT2D eigenvalue weighted by Gasteiger charge is -2.15. The summed E-state index contributed by atoms with van der Waals surface area (Å²) >= 11 is 0. The van der Waals surface area contributed by atoms with Gasteiger partial charge in [-0.3, -0.25) is 9.59 Å². The van der Waals surface area contributed by atoms with E-state index >= 15 is 0 Å². The Morgan fingerprint density at radius 3 is 2.38 bits per heavy atom. The van der Waals surface area contributed by atoms with Crippen molar-refractivity contribution in [2.45, 2.75) is 31.6 Å². The molecular formula is C17H18O4. The van der Waals surface area contributed by atoms with Gasteiger partial charge in [0.2, 0.25) is 0 Å². The average molecular weight is 286 g/mol. The van der Waals surface area contributed by atoms with Gasteiger partial charge in [0.1, 0.15) is 0 Å². The molecule has 4 heteroatoms. The molecule has 2 aromatic carbocycles. The molecule has 0 aliphatic carbocycles. The van der Waals surface area contributed by atoms with Gasteiger partial charge in [-0.15, -0.1) is 0 Å². The number of fused-ring (bicyclic) bond motifs is 1. The molecule has 0 spiro atoms. The third-order valence-electron chi connectivity index (χ3n) is 3.63. The summed E-state index contributed by atoms with van der Waals surface area (Å²) in [6, 6.07) is 13.4. The molecule has 0 bridgehead atoms. The fourth-order valence-electron chi connectivity index (χ4n) is 2.59. The van der Waals surface area contributed by atoms with E-state index in [-0.39, 0.29) is 6.42 Å². The van der Waals surface area contributed by atoms with Crippen molar-refractivity contribution in [1.82, 2.24) is 0 Å². The van der Waals surface area contributed by atoms with Crippen molar-refractivity contribution in [2.75, 3.05) is 0 Å². The summed E-state index contributed by atoms with van der Waals surface area (Å²) in [7, 11) is 0. The largest absolute Gasteiger partial charge is 0.481 e. The second kappa shape index (κ2) is 6.88. The first kappa shape index (κ1) is 15.0. The maximum absolute atomic E-state index is 11.6. The molecule has 1 unspecified atom stereocenters. The number of rotatable bonds is 7. The van der Waals surface area contributed by atoms with E-state index in [1.54, 1.807) is 0 Å². The van der Waals surface area contributed by atoms with Crippen molar-refractivity contribution in [3.63, 3.8) is 0 Å². The lowest BCUT2D eigenvalue weighted by molar-refractivity contribution is -0.139. The minimum absolute atomic E-state index is 0.0852. The highest BCUT2D eigenvalue weighted by Gasteiger charge is 2.21. The van der Waals surface area contributed by atoms with Crippen LogP contribution in [0.3, 0.4) is 0 Å². The standard InChI is InChI=1S/C17H18O4/c18-16(19)11-4-3-9-15(17(20)21)14-10-5-7-12-6-1-2-8-13(12)14/h1-2,5-8,10,15H,3-4,9,11H2,(H,18,19)(H,20,21). The molecule has 0 heterocycles. The first-order valence-corrected chi connectivity index (χ1v) is 7.02. The van der Waals surface area contributed by atoms with Gasteiger partial charge in [0.05, 0.1) is 5.92 Å². The monoisotopic (exact) mass is 286 g/mol. The quantitative estimate of drug-likeness (QED) is 0.762. The summed E-state index contributed by atoms with van der Waals surface area (Å²) in [6.07, 6.45) is 1.63. The number of carbonyl (C=O) groups is 2. The molecule has 0 saturated heterocycles. The fraction of sp³-hybridized carbons (Fsp3) is 0.294. The van der Waals surface area contributed by atoms with Gasteiger partial charge in [0, 0.05) is 6.42 Å². The summed E-state index contributed by atoms with van der Waals surface area (Å²) in [4.78, 5) is 22.1. The second-order valence-electron chi connectivity index (χ2n) is 5.10. The Bertz CT molecular complexity index is 643. The minimum Gasteiger partial charge on any atom is -0.481 e. The summed E-state index contributed by atoms with van der Waals surface area (Å²) < 4.78 is 0.